The zero-order chi connectivity index (χ0) is 14.6. The van der Waals surface area contributed by atoms with Crippen molar-refractivity contribution in [3.8, 4) is 6.07 Å². The fourth-order valence-electron chi connectivity index (χ4n) is 2.56. The van der Waals surface area contributed by atoms with Crippen molar-refractivity contribution < 1.29 is 9.18 Å². The lowest BCUT2D eigenvalue weighted by Crippen LogP contribution is -2.34. The van der Waals surface area contributed by atoms with Gasteiger partial charge in [0, 0.05) is 4.47 Å². The Balaban J connectivity index is 2.21. The average Bonchev–Trinajstić information content (AvgIpc) is 2.69. The summed E-state index contributed by atoms with van der Waals surface area (Å²) in [5.74, 6) is -0.887. The van der Waals surface area contributed by atoms with Crippen LogP contribution in [0.2, 0.25) is 0 Å². The van der Waals surface area contributed by atoms with Crippen LogP contribution in [-0.4, -0.2) is 5.91 Å². The van der Waals surface area contributed by atoms with Crippen LogP contribution in [0.15, 0.2) is 22.7 Å². The Kier molecular flexibility index (Phi) is 4.77. The predicted molar refractivity (Wildman–Crippen MR) is 78.5 cm³/mol. The fraction of sp³-hybridized carbons (Fsp3) is 0.467. The van der Waals surface area contributed by atoms with Gasteiger partial charge < -0.3 is 5.32 Å². The summed E-state index contributed by atoms with van der Waals surface area (Å²) < 4.78 is 14.4. The molecule has 3 nitrogen and oxygen atoms in total. The minimum absolute atomic E-state index is 0.114. The van der Waals surface area contributed by atoms with E-state index in [1.807, 2.05) is 0 Å². The van der Waals surface area contributed by atoms with Gasteiger partial charge in [0.1, 0.15) is 11.2 Å². The maximum Gasteiger partial charge on any atom is 0.244 e. The third-order valence-electron chi connectivity index (χ3n) is 3.78. The second-order valence-electron chi connectivity index (χ2n) is 5.19. The van der Waals surface area contributed by atoms with Crippen LogP contribution in [0.25, 0.3) is 0 Å². The Morgan fingerprint density at radius 1 is 1.30 bits per heavy atom. The first-order valence-electron chi connectivity index (χ1n) is 6.75. The molecule has 1 N–H and O–H groups in total. The number of halogens is 2. The molecule has 0 aliphatic heterocycles. The quantitative estimate of drug-likeness (QED) is 0.813. The van der Waals surface area contributed by atoms with Crippen molar-refractivity contribution in [3.05, 3.63) is 28.5 Å². The molecule has 0 heterocycles. The van der Waals surface area contributed by atoms with Gasteiger partial charge in [0.15, 0.2) is 0 Å². The number of hydrogen-bond acceptors (Lipinski definition) is 2. The molecule has 5 heteroatoms. The molecule has 106 valence electrons. The zero-order valence-electron chi connectivity index (χ0n) is 11.1. The van der Waals surface area contributed by atoms with E-state index in [-0.39, 0.29) is 11.6 Å². The molecule has 0 atom stereocenters. The van der Waals surface area contributed by atoms with E-state index >= 15 is 0 Å². The summed E-state index contributed by atoms with van der Waals surface area (Å²) >= 11 is 3.24. The molecule has 1 aliphatic rings. The molecule has 0 unspecified atom stereocenters. The van der Waals surface area contributed by atoms with Crippen molar-refractivity contribution in [2.75, 3.05) is 5.32 Å². The van der Waals surface area contributed by atoms with E-state index in [4.69, 9.17) is 0 Å². The lowest BCUT2D eigenvalue weighted by Gasteiger charge is -2.23. The predicted octanol–water partition coefficient (Wildman–Crippen LogP) is 4.39. The van der Waals surface area contributed by atoms with E-state index < -0.39 is 11.2 Å². The summed E-state index contributed by atoms with van der Waals surface area (Å²) in [6, 6.07) is 6.52. The summed E-state index contributed by atoms with van der Waals surface area (Å²) in [6.07, 6.45) is 4.91. The highest BCUT2D eigenvalue weighted by atomic mass is 79.9. The molecular weight excluding hydrogens is 323 g/mol. The molecule has 0 radical (unpaired) electrons. The monoisotopic (exact) mass is 338 g/mol. The normalized spacial score (nSPS) is 17.9. The molecule has 0 bridgehead atoms. The van der Waals surface area contributed by atoms with Crippen molar-refractivity contribution in [3.63, 3.8) is 0 Å². The van der Waals surface area contributed by atoms with Gasteiger partial charge in [-0.25, -0.2) is 4.39 Å². The van der Waals surface area contributed by atoms with E-state index in [2.05, 4.69) is 27.3 Å². The van der Waals surface area contributed by atoms with Crippen LogP contribution >= 0.6 is 15.9 Å². The summed E-state index contributed by atoms with van der Waals surface area (Å²) in [6.45, 7) is 0. The maximum absolute atomic E-state index is 13.7. The number of nitriles is 1. The Hall–Kier alpha value is -1.41. The van der Waals surface area contributed by atoms with Crippen LogP contribution < -0.4 is 5.32 Å². The molecule has 0 spiro atoms. The Morgan fingerprint density at radius 2 is 1.95 bits per heavy atom. The number of hydrogen-bond donors (Lipinski definition) is 1. The standard InChI is InChI=1S/C15H16BrFN2O/c16-11-5-6-12(17)13(9-11)19-14(20)15(10-18)7-3-1-2-4-8-15/h5-6,9H,1-4,7-8H2,(H,19,20). The third kappa shape index (κ3) is 3.18. The fourth-order valence-corrected chi connectivity index (χ4v) is 2.92. The van der Waals surface area contributed by atoms with Crippen molar-refractivity contribution in [2.24, 2.45) is 5.41 Å². The summed E-state index contributed by atoms with van der Waals surface area (Å²) in [5.41, 5.74) is -0.908. The molecule has 1 amide bonds. The Morgan fingerprint density at radius 3 is 2.55 bits per heavy atom. The number of amides is 1. The van der Waals surface area contributed by atoms with Gasteiger partial charge in [0.2, 0.25) is 5.91 Å². The minimum atomic E-state index is -1.02. The van der Waals surface area contributed by atoms with Gasteiger partial charge in [-0.3, -0.25) is 4.79 Å². The number of rotatable bonds is 2. The minimum Gasteiger partial charge on any atom is -0.322 e. The van der Waals surface area contributed by atoms with Crippen molar-refractivity contribution in [1.29, 1.82) is 5.26 Å². The number of carbonyl (C=O) groups is 1. The molecule has 1 aliphatic carbocycles. The molecular formula is C15H16BrFN2O. The first-order chi connectivity index (χ1) is 9.57. The molecule has 20 heavy (non-hydrogen) atoms. The summed E-state index contributed by atoms with van der Waals surface area (Å²) in [5, 5.41) is 12.0. The van der Waals surface area contributed by atoms with Crippen LogP contribution in [-0.2, 0) is 4.79 Å². The van der Waals surface area contributed by atoms with Gasteiger partial charge >= 0.3 is 0 Å². The van der Waals surface area contributed by atoms with E-state index in [9.17, 15) is 14.4 Å². The number of carbonyl (C=O) groups excluding carboxylic acids is 1. The summed E-state index contributed by atoms with van der Waals surface area (Å²) in [7, 11) is 0. The van der Waals surface area contributed by atoms with Crippen molar-refractivity contribution in [2.45, 2.75) is 38.5 Å². The van der Waals surface area contributed by atoms with Gasteiger partial charge in [0.05, 0.1) is 11.8 Å². The number of nitrogens with one attached hydrogen (secondary N) is 1. The highest BCUT2D eigenvalue weighted by Gasteiger charge is 2.39. The van der Waals surface area contributed by atoms with Crippen LogP contribution in [0, 0.1) is 22.6 Å². The molecule has 1 fully saturated rings. The smallest absolute Gasteiger partial charge is 0.244 e. The third-order valence-corrected chi connectivity index (χ3v) is 4.28. The highest BCUT2D eigenvalue weighted by molar-refractivity contribution is 9.10. The number of anilines is 1. The van der Waals surface area contributed by atoms with Crippen molar-refractivity contribution >= 4 is 27.5 Å². The molecule has 0 aromatic heterocycles. The molecule has 1 aromatic carbocycles. The lowest BCUT2D eigenvalue weighted by molar-refractivity contribution is -0.123. The summed E-state index contributed by atoms with van der Waals surface area (Å²) in [4.78, 5) is 12.4. The van der Waals surface area contributed by atoms with Gasteiger partial charge in [0.25, 0.3) is 0 Å². The Bertz CT molecular complexity index is 545. The van der Waals surface area contributed by atoms with Crippen LogP contribution in [0.1, 0.15) is 38.5 Å². The van der Waals surface area contributed by atoms with Crippen molar-refractivity contribution in [1.82, 2.24) is 0 Å². The highest BCUT2D eigenvalue weighted by Crippen LogP contribution is 2.36. The molecule has 0 saturated heterocycles. The topological polar surface area (TPSA) is 52.9 Å². The zero-order valence-corrected chi connectivity index (χ0v) is 12.7. The molecule has 1 aromatic rings. The van der Waals surface area contributed by atoms with Crippen LogP contribution in [0.5, 0.6) is 0 Å². The van der Waals surface area contributed by atoms with E-state index in [0.717, 1.165) is 25.7 Å². The van der Waals surface area contributed by atoms with Crippen LogP contribution in [0.4, 0.5) is 10.1 Å². The van der Waals surface area contributed by atoms with Gasteiger partial charge in [-0.2, -0.15) is 5.26 Å². The second-order valence-corrected chi connectivity index (χ2v) is 6.10. The number of nitrogens with zero attached hydrogens (tertiary/aromatic N) is 1. The largest absolute Gasteiger partial charge is 0.322 e. The average molecular weight is 339 g/mol. The molecule has 1 saturated carbocycles. The van der Waals surface area contributed by atoms with E-state index in [1.54, 1.807) is 6.07 Å². The molecule has 2 rings (SSSR count). The van der Waals surface area contributed by atoms with Gasteiger partial charge in [-0.05, 0) is 31.0 Å². The first kappa shape index (κ1) is 15.0. The lowest BCUT2D eigenvalue weighted by atomic mass is 9.81. The van der Waals surface area contributed by atoms with E-state index in [0.29, 0.717) is 17.3 Å². The van der Waals surface area contributed by atoms with Gasteiger partial charge in [-0.15, -0.1) is 0 Å². The maximum atomic E-state index is 13.7. The Labute approximate surface area is 126 Å². The second kappa shape index (κ2) is 6.36. The van der Waals surface area contributed by atoms with Gasteiger partial charge in [-0.1, -0.05) is 41.6 Å². The first-order valence-corrected chi connectivity index (χ1v) is 7.54. The SMILES string of the molecule is N#CC1(C(=O)Nc2cc(Br)ccc2F)CCCCCC1. The number of benzene rings is 1. The van der Waals surface area contributed by atoms with E-state index in [1.165, 1.54) is 12.1 Å². The van der Waals surface area contributed by atoms with Crippen LogP contribution in [0.3, 0.4) is 0 Å².